The molecule has 3 heterocycles. The molecule has 52 heavy (non-hydrogen) atoms. The number of nitrogens with zero attached hydrogens (tertiary/aromatic N) is 4. The van der Waals surface area contributed by atoms with Crippen LogP contribution in [0.1, 0.15) is 0 Å². The quantitative estimate of drug-likeness (QED) is 0.186. The smallest absolute Gasteiger partial charge is 0.164 e. The molecule has 4 nitrogen and oxygen atoms in total. The molecule has 0 amide bonds. The molecule has 0 atom stereocenters. The van der Waals surface area contributed by atoms with Gasteiger partial charge in [0.15, 0.2) is 17.5 Å². The van der Waals surface area contributed by atoms with Gasteiger partial charge in [-0.25, -0.2) is 15.0 Å². The van der Waals surface area contributed by atoms with Crippen molar-refractivity contribution < 1.29 is 0 Å². The van der Waals surface area contributed by atoms with Gasteiger partial charge in [-0.05, 0) is 70.3 Å². The maximum Gasteiger partial charge on any atom is 0.164 e. The second kappa shape index (κ2) is 11.4. The minimum Gasteiger partial charge on any atom is -0.309 e. The summed E-state index contributed by atoms with van der Waals surface area (Å²) in [7, 11) is 0. The molecule has 10 aromatic rings. The third-order valence-corrected chi connectivity index (χ3v) is 11.4. The van der Waals surface area contributed by atoms with Gasteiger partial charge in [0.05, 0.1) is 11.4 Å². The van der Waals surface area contributed by atoms with Crippen LogP contribution in [0.3, 0.4) is 0 Å². The molecule has 0 spiro atoms. The lowest BCUT2D eigenvalue weighted by Crippen LogP contribution is -2.15. The highest BCUT2D eigenvalue weighted by Gasteiger charge is 2.27. The van der Waals surface area contributed by atoms with Crippen molar-refractivity contribution in [3.63, 3.8) is 0 Å². The summed E-state index contributed by atoms with van der Waals surface area (Å²) in [6.07, 6.45) is 0. The summed E-state index contributed by atoms with van der Waals surface area (Å²) in [6.45, 7) is 0. The largest absolute Gasteiger partial charge is 0.309 e. The molecule has 0 bridgehead atoms. The van der Waals surface area contributed by atoms with Crippen molar-refractivity contribution in [2.45, 2.75) is 0 Å². The van der Waals surface area contributed by atoms with Crippen LogP contribution in [0.15, 0.2) is 170 Å². The Morgan fingerprint density at radius 3 is 1.87 bits per heavy atom. The van der Waals surface area contributed by atoms with Crippen LogP contribution in [0.2, 0.25) is 0 Å². The van der Waals surface area contributed by atoms with Gasteiger partial charge < -0.3 is 4.90 Å². The van der Waals surface area contributed by atoms with Crippen molar-refractivity contribution in [2.75, 3.05) is 4.90 Å². The predicted octanol–water partition coefficient (Wildman–Crippen LogP) is 13.0. The summed E-state index contributed by atoms with van der Waals surface area (Å²) in [6, 6.07) is 60.3. The monoisotopic (exact) mass is 680 g/mol. The lowest BCUT2D eigenvalue weighted by molar-refractivity contribution is 1.08. The number of hydrogen-bond donors (Lipinski definition) is 0. The number of fused-ring (bicyclic) bond motifs is 7. The van der Waals surface area contributed by atoms with Gasteiger partial charge >= 0.3 is 0 Å². The highest BCUT2D eigenvalue weighted by Crippen LogP contribution is 2.53. The fraction of sp³-hybridized carbons (Fsp3) is 0. The molecule has 0 N–H and O–H groups in total. The van der Waals surface area contributed by atoms with Gasteiger partial charge in [0.2, 0.25) is 0 Å². The van der Waals surface area contributed by atoms with E-state index in [0.717, 1.165) is 22.4 Å². The number of rotatable bonds is 4. The number of thiophene rings is 1. The molecular weight excluding hydrogens is 653 g/mol. The molecule has 8 aromatic carbocycles. The standard InChI is InChI=1S/C47H28N4S/c1-2-12-31(13-3-1)45-48-46(50-47(49-45)37-19-10-22-41-44(37)35-17-6-7-21-40(35)52-41)32-23-26-33(27-24-32)51-38-20-9-15-30-14-8-18-36(42(30)38)43-34-16-5-4-11-29(34)25-28-39(43)51/h1-28H. The second-order valence-electron chi connectivity index (χ2n) is 13.2. The zero-order valence-corrected chi connectivity index (χ0v) is 28.7. The minimum absolute atomic E-state index is 0.643. The Bertz CT molecular complexity index is 3020. The topological polar surface area (TPSA) is 41.9 Å². The lowest BCUT2D eigenvalue weighted by Gasteiger charge is -2.34. The zero-order chi connectivity index (χ0) is 34.2. The van der Waals surface area contributed by atoms with Gasteiger partial charge in [-0.3, -0.25) is 0 Å². The van der Waals surface area contributed by atoms with E-state index in [-0.39, 0.29) is 0 Å². The Labute approximate surface area is 303 Å². The fourth-order valence-corrected chi connectivity index (χ4v) is 9.05. The van der Waals surface area contributed by atoms with Gasteiger partial charge in [0.1, 0.15) is 0 Å². The van der Waals surface area contributed by atoms with Crippen LogP contribution in [-0.4, -0.2) is 15.0 Å². The van der Waals surface area contributed by atoms with Crippen molar-refractivity contribution >= 4 is 70.1 Å². The lowest BCUT2D eigenvalue weighted by atomic mass is 9.87. The van der Waals surface area contributed by atoms with E-state index in [1.54, 1.807) is 11.3 Å². The van der Waals surface area contributed by atoms with Gasteiger partial charge in [-0.15, -0.1) is 11.3 Å². The van der Waals surface area contributed by atoms with E-state index in [2.05, 4.69) is 157 Å². The Morgan fingerprint density at radius 2 is 1.02 bits per heavy atom. The first-order chi connectivity index (χ1) is 25.8. The van der Waals surface area contributed by atoms with Crippen molar-refractivity contribution in [1.82, 2.24) is 15.0 Å². The van der Waals surface area contributed by atoms with Crippen LogP contribution >= 0.6 is 11.3 Å². The summed E-state index contributed by atoms with van der Waals surface area (Å²) in [4.78, 5) is 17.7. The molecule has 0 aliphatic carbocycles. The number of aromatic nitrogens is 3. The van der Waals surface area contributed by atoms with E-state index >= 15 is 0 Å². The van der Waals surface area contributed by atoms with Crippen molar-refractivity contribution in [3.05, 3.63) is 170 Å². The van der Waals surface area contributed by atoms with Crippen LogP contribution in [0.25, 0.3) is 87.0 Å². The van der Waals surface area contributed by atoms with Gasteiger partial charge in [-0.2, -0.15) is 0 Å². The summed E-state index contributed by atoms with van der Waals surface area (Å²) in [5.41, 5.74) is 8.85. The van der Waals surface area contributed by atoms with Gasteiger partial charge in [0, 0.05) is 53.5 Å². The maximum atomic E-state index is 5.18. The van der Waals surface area contributed by atoms with E-state index in [4.69, 9.17) is 15.0 Å². The van der Waals surface area contributed by atoms with Crippen LogP contribution in [-0.2, 0) is 0 Å². The molecule has 5 heteroatoms. The number of anilines is 3. The van der Waals surface area contributed by atoms with Crippen LogP contribution < -0.4 is 4.90 Å². The Morgan fingerprint density at radius 1 is 0.385 bits per heavy atom. The molecular formula is C47H28N4S. The molecule has 11 rings (SSSR count). The molecule has 0 radical (unpaired) electrons. The highest BCUT2D eigenvalue weighted by molar-refractivity contribution is 7.25. The molecule has 242 valence electrons. The Hall–Kier alpha value is -6.69. The normalized spacial score (nSPS) is 12.2. The first kappa shape index (κ1) is 29.1. The molecule has 0 unspecified atom stereocenters. The predicted molar refractivity (Wildman–Crippen MR) is 218 cm³/mol. The SMILES string of the molecule is c1ccc(-c2nc(-c3ccc(N4c5ccc6ccccc6c5-c5cccc6cccc4c56)cc3)nc(-c3cccc4sc5ccccc5c34)n2)cc1. The fourth-order valence-electron chi connectivity index (χ4n) is 7.92. The van der Waals surface area contributed by atoms with Crippen molar-refractivity contribution in [1.29, 1.82) is 0 Å². The van der Waals surface area contributed by atoms with Crippen molar-refractivity contribution in [3.8, 4) is 45.3 Å². The van der Waals surface area contributed by atoms with Gasteiger partial charge in [-0.1, -0.05) is 121 Å². The molecule has 2 aromatic heterocycles. The first-order valence-corrected chi connectivity index (χ1v) is 18.3. The first-order valence-electron chi connectivity index (χ1n) is 17.5. The molecule has 0 fully saturated rings. The molecule has 0 saturated carbocycles. The summed E-state index contributed by atoms with van der Waals surface area (Å²) in [5, 5.41) is 7.39. The van der Waals surface area contributed by atoms with E-state index in [9.17, 15) is 0 Å². The number of benzene rings is 8. The van der Waals surface area contributed by atoms with E-state index in [1.807, 2.05) is 18.2 Å². The van der Waals surface area contributed by atoms with E-state index < -0.39 is 0 Å². The van der Waals surface area contributed by atoms with Crippen LogP contribution in [0, 0.1) is 0 Å². The summed E-state index contributed by atoms with van der Waals surface area (Å²) < 4.78 is 2.47. The second-order valence-corrected chi connectivity index (χ2v) is 14.3. The molecule has 1 aliphatic rings. The van der Waals surface area contributed by atoms with E-state index in [0.29, 0.717) is 17.5 Å². The van der Waals surface area contributed by atoms with Gasteiger partial charge in [0.25, 0.3) is 0 Å². The Kier molecular flexibility index (Phi) is 6.39. The summed E-state index contributed by atoms with van der Waals surface area (Å²) >= 11 is 1.80. The Balaban J connectivity index is 1.09. The molecule has 1 aliphatic heterocycles. The maximum absolute atomic E-state index is 5.18. The third-order valence-electron chi connectivity index (χ3n) is 10.2. The average Bonchev–Trinajstić information content (AvgIpc) is 3.60. The van der Waals surface area contributed by atoms with Crippen LogP contribution in [0.5, 0.6) is 0 Å². The zero-order valence-electron chi connectivity index (χ0n) is 27.9. The number of hydrogen-bond acceptors (Lipinski definition) is 5. The highest BCUT2D eigenvalue weighted by atomic mass is 32.1. The third kappa shape index (κ3) is 4.43. The summed E-state index contributed by atoms with van der Waals surface area (Å²) in [5.74, 6) is 1.97. The molecule has 0 saturated heterocycles. The minimum atomic E-state index is 0.643. The van der Waals surface area contributed by atoms with Crippen LogP contribution in [0.4, 0.5) is 17.1 Å². The van der Waals surface area contributed by atoms with E-state index in [1.165, 1.54) is 64.2 Å². The average molecular weight is 681 g/mol. The van der Waals surface area contributed by atoms with Crippen molar-refractivity contribution in [2.24, 2.45) is 0 Å².